The molecule has 0 aromatic carbocycles. The fraction of sp³-hybridized carbons (Fsp3) is 0.625. The standard InChI is InChI=1S/C8H11Cl2NO2/c9-6(7(10)8(12)13)5-11-3-1-2-4-11/h1-5H2,(H,12,13)/b7-6-. The van der Waals surface area contributed by atoms with E-state index in [-0.39, 0.29) is 10.1 Å². The quantitative estimate of drug-likeness (QED) is 0.743. The number of halogens is 2. The molecule has 1 rings (SSSR count). The van der Waals surface area contributed by atoms with Crippen molar-refractivity contribution < 1.29 is 9.90 Å². The number of aliphatic carboxylic acids is 1. The summed E-state index contributed by atoms with van der Waals surface area (Å²) >= 11 is 11.2. The summed E-state index contributed by atoms with van der Waals surface area (Å²) in [6.45, 7) is 2.40. The smallest absolute Gasteiger partial charge is 0.348 e. The molecule has 1 saturated heterocycles. The van der Waals surface area contributed by atoms with Gasteiger partial charge < -0.3 is 5.11 Å². The van der Waals surface area contributed by atoms with E-state index in [1.807, 2.05) is 0 Å². The second kappa shape index (κ2) is 4.84. The van der Waals surface area contributed by atoms with Crippen LogP contribution in [0.5, 0.6) is 0 Å². The zero-order chi connectivity index (χ0) is 9.84. The maximum absolute atomic E-state index is 10.4. The van der Waals surface area contributed by atoms with Gasteiger partial charge >= 0.3 is 5.97 Å². The van der Waals surface area contributed by atoms with Crippen LogP contribution in [0.15, 0.2) is 10.1 Å². The fourth-order valence-corrected chi connectivity index (χ4v) is 1.63. The van der Waals surface area contributed by atoms with Crippen molar-refractivity contribution in [1.29, 1.82) is 0 Å². The van der Waals surface area contributed by atoms with Crippen molar-refractivity contribution >= 4 is 29.2 Å². The number of nitrogens with zero attached hydrogens (tertiary/aromatic N) is 1. The van der Waals surface area contributed by atoms with Crippen LogP contribution >= 0.6 is 23.2 Å². The highest BCUT2D eigenvalue weighted by atomic mass is 35.5. The van der Waals surface area contributed by atoms with Gasteiger partial charge in [0.2, 0.25) is 0 Å². The molecule has 0 saturated carbocycles. The van der Waals surface area contributed by atoms with Gasteiger partial charge in [0.15, 0.2) is 0 Å². The van der Waals surface area contributed by atoms with Crippen LogP contribution in [0, 0.1) is 0 Å². The average Bonchev–Trinajstić information content (AvgIpc) is 2.55. The van der Waals surface area contributed by atoms with Crippen LogP contribution in [0.2, 0.25) is 0 Å². The summed E-state index contributed by atoms with van der Waals surface area (Å²) in [7, 11) is 0. The third-order valence-corrected chi connectivity index (χ3v) is 2.78. The molecule has 5 heteroatoms. The van der Waals surface area contributed by atoms with Gasteiger partial charge in [-0.25, -0.2) is 4.79 Å². The maximum Gasteiger partial charge on any atom is 0.348 e. The molecule has 0 unspecified atom stereocenters. The molecule has 3 nitrogen and oxygen atoms in total. The van der Waals surface area contributed by atoms with Crippen molar-refractivity contribution in [1.82, 2.24) is 4.90 Å². The van der Waals surface area contributed by atoms with Crippen molar-refractivity contribution in [3.8, 4) is 0 Å². The first-order valence-corrected chi connectivity index (χ1v) is 4.86. The lowest BCUT2D eigenvalue weighted by atomic mass is 10.4. The predicted molar refractivity (Wildman–Crippen MR) is 52.0 cm³/mol. The van der Waals surface area contributed by atoms with E-state index in [1.165, 1.54) is 0 Å². The number of carbonyl (C=O) groups is 1. The Balaban J connectivity index is 2.51. The molecular formula is C8H11Cl2NO2. The zero-order valence-electron chi connectivity index (χ0n) is 7.09. The lowest BCUT2D eigenvalue weighted by Crippen LogP contribution is -2.21. The second-order valence-electron chi connectivity index (χ2n) is 3.01. The van der Waals surface area contributed by atoms with Crippen LogP contribution in [0.3, 0.4) is 0 Å². The summed E-state index contributed by atoms with van der Waals surface area (Å²) in [4.78, 5) is 12.5. The molecule has 0 aromatic rings. The summed E-state index contributed by atoms with van der Waals surface area (Å²) in [6.07, 6.45) is 2.30. The van der Waals surface area contributed by atoms with E-state index in [1.54, 1.807) is 0 Å². The van der Waals surface area contributed by atoms with Crippen molar-refractivity contribution in [3.05, 3.63) is 10.1 Å². The van der Waals surface area contributed by atoms with Gasteiger partial charge in [-0.15, -0.1) is 0 Å². The van der Waals surface area contributed by atoms with Crippen molar-refractivity contribution in [2.24, 2.45) is 0 Å². The number of carboxylic acids is 1. The highest BCUT2D eigenvalue weighted by Crippen LogP contribution is 2.18. The highest BCUT2D eigenvalue weighted by molar-refractivity contribution is 6.47. The van der Waals surface area contributed by atoms with E-state index in [9.17, 15) is 4.79 Å². The number of hydrogen-bond donors (Lipinski definition) is 1. The molecule has 0 aliphatic carbocycles. The minimum Gasteiger partial charge on any atom is -0.477 e. The lowest BCUT2D eigenvalue weighted by molar-refractivity contribution is -0.131. The minimum atomic E-state index is -1.16. The van der Waals surface area contributed by atoms with Gasteiger partial charge in [0.05, 0.1) is 5.03 Å². The Kier molecular flexibility index (Phi) is 4.03. The molecule has 0 aromatic heterocycles. The Morgan fingerprint density at radius 3 is 2.31 bits per heavy atom. The molecule has 0 bridgehead atoms. The van der Waals surface area contributed by atoms with Crippen molar-refractivity contribution in [3.63, 3.8) is 0 Å². The number of likely N-dealkylation sites (tertiary alicyclic amines) is 1. The van der Waals surface area contributed by atoms with Gasteiger partial charge in [-0.3, -0.25) is 4.90 Å². The summed E-state index contributed by atoms with van der Waals surface area (Å²) in [6, 6.07) is 0. The van der Waals surface area contributed by atoms with E-state index in [0.29, 0.717) is 6.54 Å². The maximum atomic E-state index is 10.4. The number of rotatable bonds is 3. The first-order chi connectivity index (χ1) is 6.11. The molecular weight excluding hydrogens is 213 g/mol. The van der Waals surface area contributed by atoms with Crippen LogP contribution in [-0.4, -0.2) is 35.6 Å². The van der Waals surface area contributed by atoms with Crippen LogP contribution in [0.4, 0.5) is 0 Å². The third kappa shape index (κ3) is 3.18. The van der Waals surface area contributed by atoms with Crippen LogP contribution < -0.4 is 0 Å². The lowest BCUT2D eigenvalue weighted by Gasteiger charge is -2.13. The second-order valence-corrected chi connectivity index (χ2v) is 3.84. The Labute approximate surface area is 86.9 Å². The minimum absolute atomic E-state index is 0.219. The fourth-order valence-electron chi connectivity index (χ4n) is 1.32. The molecule has 0 radical (unpaired) electrons. The predicted octanol–water partition coefficient (Wildman–Crippen LogP) is 1.86. The molecule has 0 amide bonds. The van der Waals surface area contributed by atoms with E-state index in [0.717, 1.165) is 25.9 Å². The summed E-state index contributed by atoms with van der Waals surface area (Å²) in [5.74, 6) is -1.16. The summed E-state index contributed by atoms with van der Waals surface area (Å²) < 4.78 is 0. The number of carboxylic acid groups (broad SMARTS) is 1. The summed E-state index contributed by atoms with van der Waals surface area (Å²) in [5.41, 5.74) is 0. The Morgan fingerprint density at radius 2 is 1.85 bits per heavy atom. The van der Waals surface area contributed by atoms with E-state index in [4.69, 9.17) is 28.3 Å². The molecule has 1 aliphatic heterocycles. The molecule has 1 aliphatic rings. The molecule has 74 valence electrons. The normalized spacial score (nSPS) is 20.2. The molecule has 0 atom stereocenters. The molecule has 0 spiro atoms. The van der Waals surface area contributed by atoms with E-state index >= 15 is 0 Å². The molecule has 1 N–H and O–H groups in total. The molecule has 1 heterocycles. The van der Waals surface area contributed by atoms with Gasteiger partial charge in [0.25, 0.3) is 0 Å². The Morgan fingerprint density at radius 1 is 1.31 bits per heavy atom. The van der Waals surface area contributed by atoms with Gasteiger partial charge in [-0.2, -0.15) is 0 Å². The van der Waals surface area contributed by atoms with Gasteiger partial charge in [-0.1, -0.05) is 23.2 Å². The first kappa shape index (κ1) is 10.8. The van der Waals surface area contributed by atoms with E-state index < -0.39 is 5.97 Å². The third-order valence-electron chi connectivity index (χ3n) is 1.99. The van der Waals surface area contributed by atoms with Crippen LogP contribution in [0.1, 0.15) is 12.8 Å². The molecule has 1 fully saturated rings. The topological polar surface area (TPSA) is 40.5 Å². The Hall–Kier alpha value is -0.250. The van der Waals surface area contributed by atoms with Gasteiger partial charge in [0, 0.05) is 6.54 Å². The van der Waals surface area contributed by atoms with Crippen LogP contribution in [-0.2, 0) is 4.79 Å². The first-order valence-electron chi connectivity index (χ1n) is 4.11. The van der Waals surface area contributed by atoms with Crippen LogP contribution in [0.25, 0.3) is 0 Å². The number of hydrogen-bond acceptors (Lipinski definition) is 2. The van der Waals surface area contributed by atoms with E-state index in [2.05, 4.69) is 4.90 Å². The monoisotopic (exact) mass is 223 g/mol. The average molecular weight is 224 g/mol. The van der Waals surface area contributed by atoms with Crippen molar-refractivity contribution in [2.75, 3.05) is 19.6 Å². The largest absolute Gasteiger partial charge is 0.477 e. The highest BCUT2D eigenvalue weighted by Gasteiger charge is 2.16. The van der Waals surface area contributed by atoms with Gasteiger partial charge in [0.1, 0.15) is 5.03 Å². The van der Waals surface area contributed by atoms with Gasteiger partial charge in [-0.05, 0) is 25.9 Å². The van der Waals surface area contributed by atoms with Crippen molar-refractivity contribution in [2.45, 2.75) is 12.8 Å². The zero-order valence-corrected chi connectivity index (χ0v) is 8.61. The molecule has 13 heavy (non-hydrogen) atoms. The Bertz CT molecular complexity index is 234. The summed E-state index contributed by atoms with van der Waals surface area (Å²) in [5, 5.41) is 8.48. The SMILES string of the molecule is O=C(O)/C(Cl)=C(/Cl)CN1CCCC1.